The zero-order chi connectivity index (χ0) is 17.6. The van der Waals surface area contributed by atoms with Crippen LogP contribution in [0.3, 0.4) is 0 Å². The highest BCUT2D eigenvalue weighted by atomic mass is 19.1. The van der Waals surface area contributed by atoms with Crippen LogP contribution in [0, 0.1) is 12.7 Å². The normalized spacial score (nSPS) is 14.2. The molecule has 132 valence electrons. The van der Waals surface area contributed by atoms with Crippen molar-refractivity contribution in [3.05, 3.63) is 41.2 Å². The van der Waals surface area contributed by atoms with Crippen LogP contribution in [0.2, 0.25) is 0 Å². The minimum atomic E-state index is -0.274. The monoisotopic (exact) mass is 343 g/mol. The van der Waals surface area contributed by atoms with Gasteiger partial charge in [-0.2, -0.15) is 4.80 Å². The zero-order valence-corrected chi connectivity index (χ0v) is 14.3. The molecule has 1 heterocycles. The van der Waals surface area contributed by atoms with Gasteiger partial charge in [0.15, 0.2) is 0 Å². The molecule has 25 heavy (non-hydrogen) atoms. The van der Waals surface area contributed by atoms with Crippen LogP contribution in [0.1, 0.15) is 37.7 Å². The number of hydrogen-bond acceptors (Lipinski definition) is 4. The van der Waals surface area contributed by atoms with Crippen molar-refractivity contribution in [3.8, 4) is 11.4 Å². The van der Waals surface area contributed by atoms with Crippen molar-refractivity contribution < 1.29 is 9.18 Å². The molecule has 3 rings (SSSR count). The van der Waals surface area contributed by atoms with E-state index in [2.05, 4.69) is 26.8 Å². The Balaban J connectivity index is 1.51. The number of allylic oxidation sites excluding steroid dienone is 1. The van der Waals surface area contributed by atoms with Gasteiger partial charge >= 0.3 is 0 Å². The van der Waals surface area contributed by atoms with Crippen molar-refractivity contribution in [1.29, 1.82) is 0 Å². The largest absolute Gasteiger partial charge is 0.354 e. The fourth-order valence-electron chi connectivity index (χ4n) is 2.89. The van der Waals surface area contributed by atoms with E-state index in [9.17, 15) is 9.18 Å². The van der Waals surface area contributed by atoms with Gasteiger partial charge in [0.25, 0.3) is 0 Å². The molecule has 0 saturated carbocycles. The van der Waals surface area contributed by atoms with Crippen LogP contribution in [0.25, 0.3) is 11.4 Å². The highest BCUT2D eigenvalue weighted by Crippen LogP contribution is 2.19. The SMILES string of the molecule is Cc1cc(-c2nnn(CC(=O)NCCC3=CCCCC3)n2)ccc1F. The first kappa shape index (κ1) is 17.3. The number of rotatable bonds is 6. The van der Waals surface area contributed by atoms with E-state index in [1.54, 1.807) is 19.1 Å². The first-order valence-electron chi connectivity index (χ1n) is 8.61. The van der Waals surface area contributed by atoms with Gasteiger partial charge in [0.2, 0.25) is 11.7 Å². The molecule has 0 aliphatic heterocycles. The molecule has 1 aromatic heterocycles. The van der Waals surface area contributed by atoms with Crippen LogP contribution in [0.4, 0.5) is 4.39 Å². The van der Waals surface area contributed by atoms with Crippen LogP contribution in [-0.2, 0) is 11.3 Å². The Morgan fingerprint density at radius 2 is 2.24 bits per heavy atom. The minimum Gasteiger partial charge on any atom is -0.354 e. The van der Waals surface area contributed by atoms with Crippen molar-refractivity contribution >= 4 is 5.91 Å². The standard InChI is InChI=1S/C18H22FN5O/c1-13-11-15(7-8-16(13)19)18-21-23-24(22-18)12-17(25)20-10-9-14-5-3-2-4-6-14/h5,7-8,11H,2-4,6,9-10,12H2,1H3,(H,20,25). The van der Waals surface area contributed by atoms with Crippen LogP contribution in [-0.4, -0.2) is 32.7 Å². The van der Waals surface area contributed by atoms with E-state index in [0.717, 1.165) is 19.3 Å². The Morgan fingerprint density at radius 1 is 1.36 bits per heavy atom. The number of amides is 1. The smallest absolute Gasteiger partial charge is 0.243 e. The van der Waals surface area contributed by atoms with Gasteiger partial charge in [-0.1, -0.05) is 11.6 Å². The number of hydrogen-bond donors (Lipinski definition) is 1. The van der Waals surface area contributed by atoms with Gasteiger partial charge in [-0.05, 0) is 68.0 Å². The van der Waals surface area contributed by atoms with Crippen molar-refractivity contribution in [2.45, 2.75) is 45.6 Å². The highest BCUT2D eigenvalue weighted by Gasteiger charge is 2.11. The topological polar surface area (TPSA) is 72.7 Å². The molecule has 0 saturated heterocycles. The Bertz CT molecular complexity index is 784. The molecule has 0 atom stereocenters. The van der Waals surface area contributed by atoms with E-state index >= 15 is 0 Å². The number of carbonyl (C=O) groups is 1. The summed E-state index contributed by atoms with van der Waals surface area (Å²) in [5.74, 6) is -0.0393. The Morgan fingerprint density at radius 3 is 3.00 bits per heavy atom. The summed E-state index contributed by atoms with van der Waals surface area (Å²) in [6, 6.07) is 4.63. The molecule has 6 nitrogen and oxygen atoms in total. The van der Waals surface area contributed by atoms with Crippen LogP contribution in [0.15, 0.2) is 29.8 Å². The lowest BCUT2D eigenvalue weighted by atomic mass is 9.97. The molecule has 7 heteroatoms. The number of aromatic nitrogens is 4. The summed E-state index contributed by atoms with van der Waals surface area (Å²) in [6.45, 7) is 2.33. The highest BCUT2D eigenvalue weighted by molar-refractivity contribution is 5.75. The van der Waals surface area contributed by atoms with E-state index < -0.39 is 0 Å². The number of benzene rings is 1. The zero-order valence-electron chi connectivity index (χ0n) is 14.3. The molecule has 1 N–H and O–H groups in total. The average molecular weight is 343 g/mol. The van der Waals surface area contributed by atoms with Crippen molar-refractivity contribution in [2.24, 2.45) is 0 Å². The van der Waals surface area contributed by atoms with Gasteiger partial charge in [0.05, 0.1) is 0 Å². The van der Waals surface area contributed by atoms with Crippen LogP contribution in [0.5, 0.6) is 0 Å². The lowest BCUT2D eigenvalue weighted by Gasteiger charge is -2.12. The average Bonchev–Trinajstić information content (AvgIpc) is 3.06. The summed E-state index contributed by atoms with van der Waals surface area (Å²) in [4.78, 5) is 13.2. The predicted octanol–water partition coefficient (Wildman–Crippen LogP) is 2.79. The third-order valence-corrected chi connectivity index (χ3v) is 4.31. The lowest BCUT2D eigenvalue weighted by molar-refractivity contribution is -0.122. The summed E-state index contributed by atoms with van der Waals surface area (Å²) in [6.07, 6.45) is 7.99. The molecule has 1 amide bonds. The summed E-state index contributed by atoms with van der Waals surface area (Å²) < 4.78 is 13.3. The van der Waals surface area contributed by atoms with Gasteiger partial charge in [-0.25, -0.2) is 4.39 Å². The van der Waals surface area contributed by atoms with Crippen LogP contribution >= 0.6 is 0 Å². The second kappa shape index (κ2) is 8.00. The summed E-state index contributed by atoms with van der Waals surface area (Å²) in [7, 11) is 0. The lowest BCUT2D eigenvalue weighted by Crippen LogP contribution is -2.29. The molecule has 0 radical (unpaired) electrons. The van der Waals surface area contributed by atoms with Crippen molar-refractivity contribution in [2.75, 3.05) is 6.54 Å². The molecule has 0 unspecified atom stereocenters. The number of aryl methyl sites for hydroxylation is 1. The quantitative estimate of drug-likeness (QED) is 0.819. The van der Waals surface area contributed by atoms with Gasteiger partial charge in [0, 0.05) is 12.1 Å². The Hall–Kier alpha value is -2.57. The molecule has 0 bridgehead atoms. The van der Waals surface area contributed by atoms with Gasteiger partial charge in [0.1, 0.15) is 12.4 Å². The fourth-order valence-corrected chi connectivity index (χ4v) is 2.89. The second-order valence-electron chi connectivity index (χ2n) is 6.32. The first-order chi connectivity index (χ1) is 12.1. The van der Waals surface area contributed by atoms with E-state index in [1.807, 2.05) is 0 Å². The molecule has 0 fully saturated rings. The number of tetrazole rings is 1. The molecule has 1 aliphatic carbocycles. The molecule has 0 spiro atoms. The number of halogens is 1. The minimum absolute atomic E-state index is 0.0201. The molecule has 2 aromatic rings. The second-order valence-corrected chi connectivity index (χ2v) is 6.32. The van der Waals surface area contributed by atoms with Gasteiger partial charge in [-0.3, -0.25) is 4.79 Å². The van der Waals surface area contributed by atoms with E-state index in [-0.39, 0.29) is 18.3 Å². The van der Waals surface area contributed by atoms with Gasteiger partial charge < -0.3 is 5.32 Å². The fraction of sp³-hybridized carbons (Fsp3) is 0.444. The maximum atomic E-state index is 13.3. The summed E-state index contributed by atoms with van der Waals surface area (Å²) in [5, 5.41) is 14.9. The summed E-state index contributed by atoms with van der Waals surface area (Å²) in [5.41, 5.74) is 2.62. The van der Waals surface area contributed by atoms with Gasteiger partial charge in [-0.15, -0.1) is 10.2 Å². The maximum absolute atomic E-state index is 13.3. The van der Waals surface area contributed by atoms with E-state index in [4.69, 9.17) is 0 Å². The third kappa shape index (κ3) is 4.71. The van der Waals surface area contributed by atoms with Crippen molar-refractivity contribution in [1.82, 2.24) is 25.5 Å². The summed E-state index contributed by atoms with van der Waals surface area (Å²) >= 11 is 0. The molecule has 1 aliphatic rings. The van der Waals surface area contributed by atoms with E-state index in [0.29, 0.717) is 23.5 Å². The van der Waals surface area contributed by atoms with Crippen LogP contribution < -0.4 is 5.32 Å². The number of nitrogens with one attached hydrogen (secondary N) is 1. The molecular weight excluding hydrogens is 321 g/mol. The van der Waals surface area contributed by atoms with Crippen molar-refractivity contribution in [3.63, 3.8) is 0 Å². The predicted molar refractivity (Wildman–Crippen MR) is 92.1 cm³/mol. The maximum Gasteiger partial charge on any atom is 0.243 e. The molecular formula is C18H22FN5O. The number of carbonyl (C=O) groups excluding carboxylic acids is 1. The Labute approximate surface area is 146 Å². The van der Waals surface area contributed by atoms with E-state index in [1.165, 1.54) is 29.3 Å². The third-order valence-electron chi connectivity index (χ3n) is 4.31. The molecule has 1 aromatic carbocycles. The Kier molecular flexibility index (Phi) is 5.53. The number of nitrogens with zero attached hydrogens (tertiary/aromatic N) is 4. The first-order valence-corrected chi connectivity index (χ1v) is 8.61.